The first kappa shape index (κ1) is 11.4. The number of halogens is 2. The summed E-state index contributed by atoms with van der Waals surface area (Å²) in [6.07, 6.45) is 0.383. The van der Waals surface area contributed by atoms with Crippen molar-refractivity contribution in [3.05, 3.63) is 0 Å². The first-order chi connectivity index (χ1) is 5.77. The Morgan fingerprint density at radius 1 is 1.08 bits per heavy atom. The van der Waals surface area contributed by atoms with Crippen molar-refractivity contribution in [3.8, 4) is 0 Å². The minimum atomic E-state index is -0.197. The Kier molecular flexibility index (Phi) is 5.60. The van der Waals surface area contributed by atoms with Crippen LogP contribution in [0.25, 0.3) is 0 Å². The maximum atomic E-state index is 5.56. The number of hydrogen-bond acceptors (Lipinski definition) is 4. The monoisotopic (exact) mass is 400 g/mol. The molecule has 1 aliphatic rings. The molecule has 1 heterocycles. The molecule has 2 atom stereocenters. The fourth-order valence-electron chi connectivity index (χ4n) is 1.15. The van der Waals surface area contributed by atoms with Crippen molar-refractivity contribution in [2.45, 2.75) is 25.4 Å². The Morgan fingerprint density at radius 2 is 1.50 bits per heavy atom. The van der Waals surface area contributed by atoms with Crippen molar-refractivity contribution in [1.29, 1.82) is 0 Å². The number of hydrogen-bond donors (Lipinski definition) is 2. The molecule has 4 N–H and O–H groups in total. The van der Waals surface area contributed by atoms with Gasteiger partial charge in [0.2, 0.25) is 0 Å². The number of ether oxygens (including phenoxy) is 2. The van der Waals surface area contributed by atoms with Crippen LogP contribution in [0.4, 0.5) is 0 Å². The maximum absolute atomic E-state index is 5.56. The van der Waals surface area contributed by atoms with Gasteiger partial charge in [-0.25, -0.2) is 0 Å². The molecule has 1 aliphatic heterocycles. The molecule has 1 rings (SSSR count). The zero-order chi connectivity index (χ0) is 8.97. The Morgan fingerprint density at radius 3 is 1.83 bits per heavy atom. The van der Waals surface area contributed by atoms with Crippen LogP contribution in [0.15, 0.2) is 0 Å². The predicted molar refractivity (Wildman–Crippen MR) is 37.3 cm³/mol. The van der Waals surface area contributed by atoms with Gasteiger partial charge in [-0.2, -0.15) is 0 Å². The molecule has 6 heteroatoms. The summed E-state index contributed by atoms with van der Waals surface area (Å²) in [6, 6.07) is 0. The summed E-state index contributed by atoms with van der Waals surface area (Å²) in [7, 11) is 0. The Labute approximate surface area is 93.9 Å². The molecule has 0 aliphatic carbocycles. The summed E-state index contributed by atoms with van der Waals surface area (Å²) in [6.45, 7) is 1.93. The molecule has 0 aromatic heterocycles. The molecule has 4 nitrogen and oxygen atoms in total. The minimum absolute atomic E-state index is 0.0638. The van der Waals surface area contributed by atoms with E-state index in [0.717, 1.165) is 8.86 Å². The summed E-state index contributed by atoms with van der Waals surface area (Å²) >= 11 is -0.394. The van der Waals surface area contributed by atoms with Crippen molar-refractivity contribution in [1.82, 2.24) is 0 Å². The van der Waals surface area contributed by atoms with E-state index in [-0.39, 0.29) is 61.5 Å². The van der Waals surface area contributed by atoms with Gasteiger partial charge in [0.15, 0.2) is 0 Å². The van der Waals surface area contributed by atoms with Crippen LogP contribution in [0, 0.1) is 0 Å². The fraction of sp³-hybridized carbons (Fsp3) is 1.00. The normalized spacial score (nSPS) is 31.9. The van der Waals surface area contributed by atoms with Crippen LogP contribution in [0.5, 0.6) is 0 Å². The number of nitrogens with two attached hydrogens (primary N) is 2. The summed E-state index contributed by atoms with van der Waals surface area (Å²) in [5.41, 5.74) is 0. The Hall–Kier alpha value is 1.30. The predicted octanol–water partition coefficient (Wildman–Crippen LogP) is -6.96. The van der Waals surface area contributed by atoms with E-state index >= 15 is 0 Å². The zero-order valence-corrected chi connectivity index (χ0v) is 11.2. The van der Waals surface area contributed by atoms with Gasteiger partial charge in [0.05, 0.1) is 0 Å². The van der Waals surface area contributed by atoms with Crippen LogP contribution in [-0.2, 0) is 9.47 Å². The van der Waals surface area contributed by atoms with Crippen molar-refractivity contribution < 1.29 is 52.4 Å². The Bertz CT molecular complexity index is 125. The molecule has 76 valence electrons. The molecule has 0 aromatic carbocycles. The second kappa shape index (κ2) is 5.91. The average molecular weight is 400 g/mol. The molecule has 1 saturated heterocycles. The standard InChI is InChI=1S/C6H14I2N2O2/c1-4-11-5(2-7-9)6(12-4)3-8-10/h4-6H,2-3,9-10H2,1H3/q-2/t5-,6-/m0/s1. The molecule has 0 spiro atoms. The summed E-state index contributed by atoms with van der Waals surface area (Å²) in [5.74, 6) is 0. The quantitative estimate of drug-likeness (QED) is 0.280. The Balaban J connectivity index is 2.36. The van der Waals surface area contributed by atoms with Gasteiger partial charge >= 0.3 is 94.6 Å². The van der Waals surface area contributed by atoms with Gasteiger partial charge in [-0.05, 0) is 0 Å². The average Bonchev–Trinajstić information content (AvgIpc) is 2.33. The molecule has 0 unspecified atom stereocenters. The van der Waals surface area contributed by atoms with Crippen LogP contribution < -0.4 is 50.9 Å². The van der Waals surface area contributed by atoms with Gasteiger partial charge in [-0.3, -0.25) is 0 Å². The van der Waals surface area contributed by atoms with E-state index in [9.17, 15) is 0 Å². The first-order valence-corrected chi connectivity index (χ1v) is 9.18. The van der Waals surface area contributed by atoms with Crippen molar-refractivity contribution in [2.24, 2.45) is 7.89 Å². The van der Waals surface area contributed by atoms with Crippen LogP contribution >= 0.6 is 0 Å². The van der Waals surface area contributed by atoms with Gasteiger partial charge in [-0.15, -0.1) is 0 Å². The molecular weight excluding hydrogens is 386 g/mol. The van der Waals surface area contributed by atoms with E-state index in [1.54, 1.807) is 0 Å². The van der Waals surface area contributed by atoms with Gasteiger partial charge in [-0.1, -0.05) is 0 Å². The topological polar surface area (TPSA) is 70.5 Å². The van der Waals surface area contributed by atoms with Gasteiger partial charge in [0.25, 0.3) is 0 Å². The van der Waals surface area contributed by atoms with Gasteiger partial charge in [0, 0.05) is 0 Å². The molecule has 12 heavy (non-hydrogen) atoms. The first-order valence-electron chi connectivity index (χ1n) is 3.64. The van der Waals surface area contributed by atoms with E-state index in [4.69, 9.17) is 17.4 Å². The third-order valence-corrected chi connectivity index (χ3v) is 4.38. The number of alkyl halides is 2. The molecular formula is C6H14I2N2O2-2. The van der Waals surface area contributed by atoms with Gasteiger partial charge < -0.3 is 0 Å². The van der Waals surface area contributed by atoms with E-state index in [2.05, 4.69) is 0 Å². The zero-order valence-electron chi connectivity index (χ0n) is 6.87. The van der Waals surface area contributed by atoms with E-state index in [0.29, 0.717) is 0 Å². The molecule has 0 saturated carbocycles. The van der Waals surface area contributed by atoms with Crippen LogP contribution in [0.3, 0.4) is 0 Å². The van der Waals surface area contributed by atoms with Crippen LogP contribution in [0.2, 0.25) is 0 Å². The third-order valence-electron chi connectivity index (χ3n) is 1.63. The second-order valence-corrected chi connectivity index (χ2v) is 6.06. The molecule has 0 radical (unpaired) electrons. The van der Waals surface area contributed by atoms with Crippen molar-refractivity contribution in [3.63, 3.8) is 0 Å². The second-order valence-electron chi connectivity index (χ2n) is 2.53. The van der Waals surface area contributed by atoms with Crippen LogP contribution in [0.1, 0.15) is 6.92 Å². The summed E-state index contributed by atoms with van der Waals surface area (Å²) < 4.78 is 24.2. The molecule has 1 fully saturated rings. The summed E-state index contributed by atoms with van der Waals surface area (Å²) in [4.78, 5) is 0. The molecule has 0 aromatic rings. The molecule has 0 amide bonds. The van der Waals surface area contributed by atoms with Gasteiger partial charge in [0.1, 0.15) is 0 Å². The molecule has 0 bridgehead atoms. The summed E-state index contributed by atoms with van der Waals surface area (Å²) in [5, 5.41) is 0. The van der Waals surface area contributed by atoms with Crippen molar-refractivity contribution >= 4 is 0 Å². The van der Waals surface area contributed by atoms with Crippen molar-refractivity contribution in [2.75, 3.05) is 8.86 Å². The van der Waals surface area contributed by atoms with Crippen LogP contribution in [-0.4, -0.2) is 27.4 Å². The third kappa shape index (κ3) is 3.22. The fourth-order valence-corrected chi connectivity index (χ4v) is 3.70. The number of rotatable bonds is 4. The van der Waals surface area contributed by atoms with E-state index in [1.165, 1.54) is 0 Å². The van der Waals surface area contributed by atoms with E-state index < -0.39 is 0 Å². The SMILES string of the molecule is CC1O[C@@H](C[I-]N)[C@H](C[I-]N)O1. The van der Waals surface area contributed by atoms with E-state index in [1.807, 2.05) is 6.92 Å².